The van der Waals surface area contributed by atoms with E-state index in [-0.39, 0.29) is 11.7 Å². The molecule has 2 rings (SSSR count). The SMILES string of the molecule is Cc1ccncc1C(=O)C1CCCOC1. The molecule has 80 valence electrons. The van der Waals surface area contributed by atoms with E-state index in [9.17, 15) is 4.79 Å². The molecule has 3 heteroatoms. The molecule has 1 aliphatic heterocycles. The monoisotopic (exact) mass is 205 g/mol. The Morgan fingerprint density at radius 2 is 2.47 bits per heavy atom. The summed E-state index contributed by atoms with van der Waals surface area (Å²) >= 11 is 0. The predicted octanol–water partition coefficient (Wildman–Crippen LogP) is 2.00. The van der Waals surface area contributed by atoms with Gasteiger partial charge in [0.25, 0.3) is 0 Å². The molecule has 1 atom stereocenters. The summed E-state index contributed by atoms with van der Waals surface area (Å²) in [6.45, 7) is 3.29. The summed E-state index contributed by atoms with van der Waals surface area (Å²) in [5.41, 5.74) is 1.74. The summed E-state index contributed by atoms with van der Waals surface area (Å²) in [6.07, 6.45) is 5.29. The molecule has 0 amide bonds. The third-order valence-electron chi connectivity index (χ3n) is 2.84. The van der Waals surface area contributed by atoms with Crippen LogP contribution < -0.4 is 0 Å². The zero-order valence-corrected chi connectivity index (χ0v) is 8.90. The second kappa shape index (κ2) is 4.53. The molecule has 1 aliphatic rings. The number of carbonyl (C=O) groups excluding carboxylic acids is 1. The third-order valence-corrected chi connectivity index (χ3v) is 2.84. The van der Waals surface area contributed by atoms with Crippen molar-refractivity contribution in [3.05, 3.63) is 29.6 Å². The number of hydrogen-bond acceptors (Lipinski definition) is 3. The van der Waals surface area contributed by atoms with Crippen molar-refractivity contribution in [2.24, 2.45) is 5.92 Å². The first-order valence-corrected chi connectivity index (χ1v) is 5.31. The lowest BCUT2D eigenvalue weighted by atomic mass is 9.92. The van der Waals surface area contributed by atoms with Crippen molar-refractivity contribution in [1.29, 1.82) is 0 Å². The molecule has 0 bridgehead atoms. The van der Waals surface area contributed by atoms with Crippen LogP contribution in [0.2, 0.25) is 0 Å². The molecule has 0 aliphatic carbocycles. The molecule has 2 heterocycles. The van der Waals surface area contributed by atoms with Gasteiger partial charge in [-0.3, -0.25) is 9.78 Å². The standard InChI is InChI=1S/C12H15NO2/c1-9-4-5-13-7-11(9)12(14)10-3-2-6-15-8-10/h4-5,7,10H,2-3,6,8H2,1H3. The summed E-state index contributed by atoms with van der Waals surface area (Å²) in [6, 6.07) is 1.87. The largest absolute Gasteiger partial charge is 0.381 e. The van der Waals surface area contributed by atoms with Crippen LogP contribution in [0, 0.1) is 12.8 Å². The highest BCUT2D eigenvalue weighted by Gasteiger charge is 2.23. The van der Waals surface area contributed by atoms with Gasteiger partial charge in [0.1, 0.15) is 0 Å². The van der Waals surface area contributed by atoms with Gasteiger partial charge >= 0.3 is 0 Å². The molecule has 1 fully saturated rings. The Morgan fingerprint density at radius 1 is 1.60 bits per heavy atom. The summed E-state index contributed by atoms with van der Waals surface area (Å²) in [7, 11) is 0. The number of Topliss-reactive ketones (excluding diaryl/α,β-unsaturated/α-hetero) is 1. The van der Waals surface area contributed by atoms with Crippen LogP contribution in [0.1, 0.15) is 28.8 Å². The number of ketones is 1. The van der Waals surface area contributed by atoms with Gasteiger partial charge < -0.3 is 4.74 Å². The molecule has 0 spiro atoms. The number of ether oxygens (including phenoxy) is 1. The van der Waals surface area contributed by atoms with Crippen LogP contribution in [0.3, 0.4) is 0 Å². The number of carbonyl (C=O) groups is 1. The number of pyridine rings is 1. The maximum atomic E-state index is 12.1. The Labute approximate surface area is 89.5 Å². The van der Waals surface area contributed by atoms with Crippen LogP contribution in [0.15, 0.2) is 18.5 Å². The molecular formula is C12H15NO2. The molecule has 1 aromatic rings. The second-order valence-electron chi connectivity index (χ2n) is 3.97. The van der Waals surface area contributed by atoms with Crippen molar-refractivity contribution in [1.82, 2.24) is 4.98 Å². The summed E-state index contributed by atoms with van der Waals surface area (Å²) in [4.78, 5) is 16.1. The number of rotatable bonds is 2. The van der Waals surface area contributed by atoms with E-state index in [4.69, 9.17) is 4.74 Å². The Balaban J connectivity index is 2.16. The molecule has 3 nitrogen and oxygen atoms in total. The van der Waals surface area contributed by atoms with E-state index in [1.165, 1.54) is 0 Å². The molecule has 0 aromatic carbocycles. The van der Waals surface area contributed by atoms with Crippen molar-refractivity contribution in [2.45, 2.75) is 19.8 Å². The topological polar surface area (TPSA) is 39.2 Å². The second-order valence-corrected chi connectivity index (χ2v) is 3.97. The van der Waals surface area contributed by atoms with E-state index in [0.29, 0.717) is 6.61 Å². The first-order chi connectivity index (χ1) is 7.29. The first-order valence-electron chi connectivity index (χ1n) is 5.31. The van der Waals surface area contributed by atoms with E-state index in [1.807, 2.05) is 13.0 Å². The average molecular weight is 205 g/mol. The molecular weight excluding hydrogens is 190 g/mol. The van der Waals surface area contributed by atoms with Crippen LogP contribution in [-0.4, -0.2) is 24.0 Å². The number of aryl methyl sites for hydroxylation is 1. The van der Waals surface area contributed by atoms with E-state index in [2.05, 4.69) is 4.98 Å². The van der Waals surface area contributed by atoms with Gasteiger partial charge in [0, 0.05) is 30.5 Å². The number of hydrogen-bond donors (Lipinski definition) is 0. The van der Waals surface area contributed by atoms with E-state index in [1.54, 1.807) is 12.4 Å². The predicted molar refractivity (Wildman–Crippen MR) is 56.8 cm³/mol. The van der Waals surface area contributed by atoms with Crippen LogP contribution in [-0.2, 0) is 4.74 Å². The Kier molecular flexibility index (Phi) is 3.11. The number of nitrogens with zero attached hydrogens (tertiary/aromatic N) is 1. The van der Waals surface area contributed by atoms with Gasteiger partial charge in [-0.1, -0.05) is 0 Å². The molecule has 0 radical (unpaired) electrons. The van der Waals surface area contributed by atoms with Crippen molar-refractivity contribution < 1.29 is 9.53 Å². The Bertz CT molecular complexity index is 356. The van der Waals surface area contributed by atoms with Gasteiger partial charge in [-0.25, -0.2) is 0 Å². The van der Waals surface area contributed by atoms with Crippen molar-refractivity contribution >= 4 is 5.78 Å². The van der Waals surface area contributed by atoms with Crippen LogP contribution in [0.4, 0.5) is 0 Å². The Hall–Kier alpha value is -1.22. The highest BCUT2D eigenvalue weighted by molar-refractivity contribution is 5.98. The molecule has 15 heavy (non-hydrogen) atoms. The minimum atomic E-state index is 0.0293. The van der Waals surface area contributed by atoms with Gasteiger partial charge in [0.05, 0.1) is 6.61 Å². The average Bonchev–Trinajstić information content (AvgIpc) is 2.30. The molecule has 0 N–H and O–H groups in total. The maximum Gasteiger partial charge on any atom is 0.170 e. The maximum absolute atomic E-state index is 12.1. The highest BCUT2D eigenvalue weighted by atomic mass is 16.5. The van der Waals surface area contributed by atoms with Gasteiger partial charge in [0.2, 0.25) is 0 Å². The normalized spacial score (nSPS) is 21.3. The lowest BCUT2D eigenvalue weighted by molar-refractivity contribution is 0.0460. The van der Waals surface area contributed by atoms with E-state index in [0.717, 1.165) is 30.6 Å². The van der Waals surface area contributed by atoms with Crippen LogP contribution >= 0.6 is 0 Å². The third kappa shape index (κ3) is 2.23. The van der Waals surface area contributed by atoms with Crippen molar-refractivity contribution in [3.63, 3.8) is 0 Å². The van der Waals surface area contributed by atoms with Crippen LogP contribution in [0.5, 0.6) is 0 Å². The Morgan fingerprint density at radius 3 is 3.13 bits per heavy atom. The van der Waals surface area contributed by atoms with Gasteiger partial charge in [-0.2, -0.15) is 0 Å². The van der Waals surface area contributed by atoms with Crippen LogP contribution in [0.25, 0.3) is 0 Å². The lowest BCUT2D eigenvalue weighted by Gasteiger charge is -2.21. The number of aromatic nitrogens is 1. The molecule has 1 saturated heterocycles. The fourth-order valence-electron chi connectivity index (χ4n) is 1.89. The first kappa shape index (κ1) is 10.3. The lowest BCUT2D eigenvalue weighted by Crippen LogP contribution is -2.25. The smallest absolute Gasteiger partial charge is 0.170 e. The summed E-state index contributed by atoms with van der Waals surface area (Å²) in [5.74, 6) is 0.210. The van der Waals surface area contributed by atoms with Gasteiger partial charge in [-0.05, 0) is 31.4 Å². The fourth-order valence-corrected chi connectivity index (χ4v) is 1.89. The van der Waals surface area contributed by atoms with Crippen molar-refractivity contribution in [3.8, 4) is 0 Å². The zero-order valence-electron chi connectivity index (χ0n) is 8.90. The van der Waals surface area contributed by atoms with Gasteiger partial charge in [0.15, 0.2) is 5.78 Å². The minimum absolute atomic E-state index is 0.0293. The quantitative estimate of drug-likeness (QED) is 0.693. The van der Waals surface area contributed by atoms with Gasteiger partial charge in [-0.15, -0.1) is 0 Å². The van der Waals surface area contributed by atoms with E-state index >= 15 is 0 Å². The highest BCUT2D eigenvalue weighted by Crippen LogP contribution is 2.20. The summed E-state index contributed by atoms with van der Waals surface area (Å²) in [5, 5.41) is 0. The molecule has 0 saturated carbocycles. The van der Waals surface area contributed by atoms with E-state index < -0.39 is 0 Å². The molecule has 1 unspecified atom stereocenters. The fraction of sp³-hybridized carbons (Fsp3) is 0.500. The molecule has 1 aromatic heterocycles. The summed E-state index contributed by atoms with van der Waals surface area (Å²) < 4.78 is 5.32. The zero-order chi connectivity index (χ0) is 10.7. The minimum Gasteiger partial charge on any atom is -0.381 e. The van der Waals surface area contributed by atoms with Crippen molar-refractivity contribution in [2.75, 3.05) is 13.2 Å².